The average Bonchev–Trinajstić information content (AvgIpc) is 2.87. The van der Waals surface area contributed by atoms with Crippen molar-refractivity contribution in [1.82, 2.24) is 10.6 Å². The molecule has 14 nitrogen and oxygen atoms in total. The van der Waals surface area contributed by atoms with Crippen molar-refractivity contribution in [3.05, 3.63) is 41.5 Å². The number of rotatable bonds is 11. The topological polar surface area (TPSA) is 194 Å². The van der Waals surface area contributed by atoms with Crippen molar-refractivity contribution in [2.75, 3.05) is 54.6 Å². The van der Waals surface area contributed by atoms with Crippen LogP contribution < -0.4 is 34.1 Å². The molecule has 0 spiro atoms. The zero-order valence-corrected chi connectivity index (χ0v) is 23.2. The van der Waals surface area contributed by atoms with E-state index in [0.29, 0.717) is 5.56 Å². The van der Waals surface area contributed by atoms with E-state index in [0.717, 1.165) is 26.2 Å². The molecular weight excluding hydrogens is 546 g/mol. The van der Waals surface area contributed by atoms with Crippen LogP contribution in [0.4, 0.5) is 0 Å². The SMILES string of the molecule is C1CNCCN1.COc1ccc(C[C@@H](OP(=O)(O)O)c2cc(OC)c(OC)c(OC)c2)cc1OP(=O)(O)O. The van der Waals surface area contributed by atoms with Crippen LogP contribution in [0.1, 0.15) is 17.2 Å². The molecule has 0 aliphatic carbocycles. The van der Waals surface area contributed by atoms with Gasteiger partial charge in [0.2, 0.25) is 5.75 Å². The van der Waals surface area contributed by atoms with Gasteiger partial charge in [-0.05, 0) is 35.4 Å². The summed E-state index contributed by atoms with van der Waals surface area (Å²) in [7, 11) is -4.37. The second-order valence-electron chi connectivity index (χ2n) is 7.81. The molecule has 0 radical (unpaired) electrons. The smallest absolute Gasteiger partial charge is 0.493 e. The molecule has 1 saturated heterocycles. The van der Waals surface area contributed by atoms with E-state index in [1.807, 2.05) is 0 Å². The first-order chi connectivity index (χ1) is 17.9. The lowest BCUT2D eigenvalue weighted by Crippen LogP contribution is -2.39. The fourth-order valence-electron chi connectivity index (χ4n) is 3.53. The number of phosphoric acid groups is 2. The van der Waals surface area contributed by atoms with Crippen LogP contribution in [0.25, 0.3) is 0 Å². The maximum Gasteiger partial charge on any atom is 0.524 e. The minimum atomic E-state index is -4.94. The van der Waals surface area contributed by atoms with Crippen molar-refractivity contribution in [2.45, 2.75) is 12.5 Å². The molecule has 1 aliphatic heterocycles. The Morgan fingerprint density at radius 2 is 1.26 bits per heavy atom. The molecule has 38 heavy (non-hydrogen) atoms. The van der Waals surface area contributed by atoms with Gasteiger partial charge in [-0.1, -0.05) is 6.07 Å². The van der Waals surface area contributed by atoms with E-state index in [9.17, 15) is 18.9 Å². The molecule has 0 saturated carbocycles. The number of hydrogen-bond donors (Lipinski definition) is 6. The van der Waals surface area contributed by atoms with E-state index in [1.165, 1.54) is 58.8 Å². The minimum absolute atomic E-state index is 0.0531. The number of methoxy groups -OCH3 is 4. The van der Waals surface area contributed by atoms with Crippen molar-refractivity contribution < 1.29 is 56.7 Å². The lowest BCUT2D eigenvalue weighted by Gasteiger charge is -2.22. The zero-order chi connectivity index (χ0) is 28.3. The zero-order valence-electron chi connectivity index (χ0n) is 21.4. The van der Waals surface area contributed by atoms with Crippen LogP contribution in [0.5, 0.6) is 28.7 Å². The summed E-state index contributed by atoms with van der Waals surface area (Å²) in [6.45, 7) is 4.56. The normalized spacial score (nSPS) is 14.5. The first-order valence-corrected chi connectivity index (χ1v) is 14.3. The Hall–Kier alpha value is -2.38. The Morgan fingerprint density at radius 1 is 0.737 bits per heavy atom. The average molecular weight is 580 g/mol. The highest BCUT2D eigenvalue weighted by Crippen LogP contribution is 2.48. The summed E-state index contributed by atoms with van der Waals surface area (Å²) in [6, 6.07) is 7.13. The van der Waals surface area contributed by atoms with Gasteiger partial charge in [-0.3, -0.25) is 14.3 Å². The van der Waals surface area contributed by atoms with Gasteiger partial charge in [0, 0.05) is 32.6 Å². The Kier molecular flexibility index (Phi) is 12.3. The Labute approximate surface area is 220 Å². The monoisotopic (exact) mass is 580 g/mol. The van der Waals surface area contributed by atoms with Gasteiger partial charge in [-0.2, -0.15) is 0 Å². The van der Waals surface area contributed by atoms with Crippen LogP contribution in [0.2, 0.25) is 0 Å². The standard InChI is InChI=1S/C18H24O12P2.C4H10N2/c1-25-13-6-5-11(8-15(13)30-32(22,23)24)7-14(29-31(19,20)21)12-9-16(26-2)18(28-4)17(10-12)27-3;1-2-6-4-3-5-1/h5-6,8-10,14H,7H2,1-4H3,(H2,19,20,21)(H2,22,23,24);5-6H,1-4H2/t14-;/m1./s1. The third-order valence-electron chi connectivity index (χ3n) is 5.15. The van der Waals surface area contributed by atoms with Gasteiger partial charge in [0.05, 0.1) is 34.5 Å². The van der Waals surface area contributed by atoms with Crippen molar-refractivity contribution in [2.24, 2.45) is 0 Å². The summed E-state index contributed by atoms with van der Waals surface area (Å²) < 4.78 is 53.4. The van der Waals surface area contributed by atoms with Gasteiger partial charge in [0.1, 0.15) is 0 Å². The van der Waals surface area contributed by atoms with E-state index in [1.54, 1.807) is 0 Å². The Morgan fingerprint density at radius 3 is 1.66 bits per heavy atom. The summed E-state index contributed by atoms with van der Waals surface area (Å²) in [5.41, 5.74) is 0.664. The number of ether oxygens (including phenoxy) is 4. The molecule has 2 aromatic rings. The predicted octanol–water partition coefficient (Wildman–Crippen LogP) is 1.76. The van der Waals surface area contributed by atoms with Crippen molar-refractivity contribution in [3.63, 3.8) is 0 Å². The molecule has 1 atom stereocenters. The highest BCUT2D eigenvalue weighted by atomic mass is 31.2. The molecule has 0 unspecified atom stereocenters. The molecule has 0 amide bonds. The predicted molar refractivity (Wildman–Crippen MR) is 137 cm³/mol. The fourth-order valence-corrected chi connectivity index (χ4v) is 4.46. The van der Waals surface area contributed by atoms with Crippen LogP contribution in [0, 0.1) is 0 Å². The number of benzene rings is 2. The van der Waals surface area contributed by atoms with E-state index in [2.05, 4.69) is 15.2 Å². The van der Waals surface area contributed by atoms with E-state index >= 15 is 0 Å². The minimum Gasteiger partial charge on any atom is -0.493 e. The van der Waals surface area contributed by atoms with Gasteiger partial charge >= 0.3 is 15.6 Å². The van der Waals surface area contributed by atoms with Gasteiger partial charge in [0.25, 0.3) is 0 Å². The van der Waals surface area contributed by atoms with Crippen molar-refractivity contribution >= 4 is 15.6 Å². The summed E-state index contributed by atoms with van der Waals surface area (Å²) >= 11 is 0. The molecule has 1 fully saturated rings. The molecular formula is C22H34N2O12P2. The fraction of sp³-hybridized carbons (Fsp3) is 0.455. The maximum atomic E-state index is 11.6. The van der Waals surface area contributed by atoms with Crippen LogP contribution in [-0.4, -0.2) is 74.2 Å². The van der Waals surface area contributed by atoms with Crippen LogP contribution in [0.15, 0.2) is 30.3 Å². The van der Waals surface area contributed by atoms with Crippen LogP contribution >= 0.6 is 15.6 Å². The first kappa shape index (κ1) is 31.8. The van der Waals surface area contributed by atoms with E-state index < -0.39 is 21.7 Å². The summed E-state index contributed by atoms with van der Waals surface area (Å²) in [4.78, 5) is 37.1. The molecule has 0 aromatic heterocycles. The second kappa shape index (κ2) is 14.7. The quantitative estimate of drug-likeness (QED) is 0.211. The Bertz CT molecular complexity index is 1100. The number of nitrogens with one attached hydrogen (secondary N) is 2. The third kappa shape index (κ3) is 10.4. The van der Waals surface area contributed by atoms with E-state index in [-0.39, 0.29) is 40.7 Å². The van der Waals surface area contributed by atoms with Gasteiger partial charge in [-0.15, -0.1) is 0 Å². The van der Waals surface area contributed by atoms with Gasteiger partial charge in [-0.25, -0.2) is 9.13 Å². The molecule has 2 aromatic carbocycles. The van der Waals surface area contributed by atoms with Crippen LogP contribution in [-0.2, 0) is 20.1 Å². The Balaban J connectivity index is 0.000000739. The number of piperazine rings is 1. The lowest BCUT2D eigenvalue weighted by molar-refractivity contribution is 0.133. The highest BCUT2D eigenvalue weighted by molar-refractivity contribution is 7.46. The maximum absolute atomic E-state index is 11.6. The third-order valence-corrected chi connectivity index (χ3v) is 6.11. The molecule has 1 heterocycles. The van der Waals surface area contributed by atoms with Gasteiger partial charge in [0.15, 0.2) is 23.0 Å². The van der Waals surface area contributed by atoms with E-state index in [4.69, 9.17) is 33.3 Å². The molecule has 0 bridgehead atoms. The molecule has 214 valence electrons. The molecule has 1 aliphatic rings. The second-order valence-corrected chi connectivity index (χ2v) is 10.2. The van der Waals surface area contributed by atoms with Crippen molar-refractivity contribution in [3.8, 4) is 28.7 Å². The molecule has 3 rings (SSSR count). The molecule has 6 N–H and O–H groups in total. The first-order valence-electron chi connectivity index (χ1n) is 11.3. The number of hydrogen-bond acceptors (Lipinski definition) is 10. The van der Waals surface area contributed by atoms with Crippen molar-refractivity contribution in [1.29, 1.82) is 0 Å². The highest BCUT2D eigenvalue weighted by Gasteiger charge is 2.28. The van der Waals surface area contributed by atoms with Gasteiger partial charge < -0.3 is 43.9 Å². The largest absolute Gasteiger partial charge is 0.524 e. The lowest BCUT2D eigenvalue weighted by atomic mass is 10.00. The summed E-state index contributed by atoms with van der Waals surface area (Å²) in [5, 5.41) is 6.44. The van der Waals surface area contributed by atoms with Crippen LogP contribution in [0.3, 0.4) is 0 Å². The molecule has 16 heteroatoms. The summed E-state index contributed by atoms with van der Waals surface area (Å²) in [5.74, 6) is 0.550. The number of phosphoric ester groups is 2. The summed E-state index contributed by atoms with van der Waals surface area (Å²) in [6.07, 6.45) is -1.33.